The van der Waals surface area contributed by atoms with Crippen molar-refractivity contribution in [2.45, 2.75) is 13.0 Å². The number of anilines is 2. The number of esters is 1. The molecule has 0 spiro atoms. The summed E-state index contributed by atoms with van der Waals surface area (Å²) in [6.45, 7) is 4.74. The molecular formula is C13H18N4O2S. The van der Waals surface area contributed by atoms with E-state index < -0.39 is 5.97 Å². The fourth-order valence-electron chi connectivity index (χ4n) is 2.43. The van der Waals surface area contributed by atoms with E-state index in [0.717, 1.165) is 24.6 Å². The number of nitrogen functional groups attached to an aromatic ring is 1. The van der Waals surface area contributed by atoms with Gasteiger partial charge in [0.25, 0.3) is 0 Å². The molecule has 1 saturated heterocycles. The van der Waals surface area contributed by atoms with E-state index in [2.05, 4.69) is 29.8 Å². The van der Waals surface area contributed by atoms with E-state index in [-0.39, 0.29) is 11.7 Å². The van der Waals surface area contributed by atoms with Gasteiger partial charge in [0.05, 0.1) is 12.8 Å². The minimum absolute atomic E-state index is 0.227. The molecule has 0 bridgehead atoms. The highest BCUT2D eigenvalue weighted by Gasteiger charge is 2.29. The van der Waals surface area contributed by atoms with Crippen molar-refractivity contribution in [2.24, 2.45) is 0 Å². The van der Waals surface area contributed by atoms with Crippen molar-refractivity contribution in [3.63, 3.8) is 0 Å². The average Bonchev–Trinajstić information content (AvgIpc) is 2.74. The fourth-order valence-corrected chi connectivity index (χ4v) is 3.65. The summed E-state index contributed by atoms with van der Waals surface area (Å²) < 4.78 is 4.72. The van der Waals surface area contributed by atoms with Crippen LogP contribution in [0.2, 0.25) is 0 Å². The standard InChI is InChI=1S/C13H18N4O2S/c1-8-7-16(2)4-5-17(8)12-9(6-14)10(15)11(20-12)13(18)19-3/h8H,4-5,7,15H2,1-3H3. The summed E-state index contributed by atoms with van der Waals surface area (Å²) in [5.41, 5.74) is 6.53. The molecule has 0 radical (unpaired) electrons. The highest BCUT2D eigenvalue weighted by Crippen LogP contribution is 2.39. The molecule has 0 amide bonds. The molecule has 20 heavy (non-hydrogen) atoms. The molecule has 2 heterocycles. The number of hydrogen-bond donors (Lipinski definition) is 1. The van der Waals surface area contributed by atoms with Crippen molar-refractivity contribution in [2.75, 3.05) is 44.4 Å². The van der Waals surface area contributed by atoms with Crippen LogP contribution in [0.5, 0.6) is 0 Å². The molecule has 0 aliphatic carbocycles. The maximum Gasteiger partial charge on any atom is 0.350 e. The predicted octanol–water partition coefficient (Wildman–Crippen LogP) is 1.13. The summed E-state index contributed by atoms with van der Waals surface area (Å²) in [7, 11) is 3.38. The molecule has 2 rings (SSSR count). The van der Waals surface area contributed by atoms with Crippen LogP contribution in [0.4, 0.5) is 10.7 Å². The summed E-state index contributed by atoms with van der Waals surface area (Å²) in [6, 6.07) is 2.38. The molecule has 1 atom stereocenters. The molecule has 1 fully saturated rings. The van der Waals surface area contributed by atoms with Crippen LogP contribution in [0.1, 0.15) is 22.2 Å². The van der Waals surface area contributed by atoms with Crippen LogP contribution in [0.15, 0.2) is 0 Å². The van der Waals surface area contributed by atoms with Gasteiger partial charge in [-0.2, -0.15) is 5.26 Å². The van der Waals surface area contributed by atoms with Gasteiger partial charge in [-0.3, -0.25) is 0 Å². The number of nitrogens with two attached hydrogens (primary N) is 1. The molecule has 0 aromatic carbocycles. The Labute approximate surface area is 122 Å². The zero-order valence-electron chi connectivity index (χ0n) is 11.8. The van der Waals surface area contributed by atoms with E-state index in [1.54, 1.807) is 0 Å². The number of rotatable bonds is 2. The van der Waals surface area contributed by atoms with Crippen LogP contribution in [-0.4, -0.2) is 50.7 Å². The number of hydrogen-bond acceptors (Lipinski definition) is 7. The number of carbonyl (C=O) groups excluding carboxylic acids is 1. The van der Waals surface area contributed by atoms with Gasteiger partial charge in [0.1, 0.15) is 21.5 Å². The normalized spacial score (nSPS) is 19.7. The monoisotopic (exact) mass is 294 g/mol. The van der Waals surface area contributed by atoms with E-state index in [1.165, 1.54) is 18.4 Å². The van der Waals surface area contributed by atoms with Crippen LogP contribution in [0.3, 0.4) is 0 Å². The minimum atomic E-state index is -0.489. The average molecular weight is 294 g/mol. The molecule has 0 saturated carbocycles. The first-order valence-electron chi connectivity index (χ1n) is 6.35. The number of ether oxygens (including phenoxy) is 1. The zero-order valence-corrected chi connectivity index (χ0v) is 12.7. The van der Waals surface area contributed by atoms with Gasteiger partial charge in [-0.05, 0) is 14.0 Å². The summed E-state index contributed by atoms with van der Waals surface area (Å²) >= 11 is 1.24. The zero-order chi connectivity index (χ0) is 14.9. The summed E-state index contributed by atoms with van der Waals surface area (Å²) in [5, 5.41) is 10.1. The maximum atomic E-state index is 11.7. The Kier molecular flexibility index (Phi) is 4.16. The van der Waals surface area contributed by atoms with Crippen molar-refractivity contribution in [3.8, 4) is 6.07 Å². The van der Waals surface area contributed by atoms with Crippen LogP contribution in [0, 0.1) is 11.3 Å². The lowest BCUT2D eigenvalue weighted by Crippen LogP contribution is -2.50. The van der Waals surface area contributed by atoms with Crippen LogP contribution >= 0.6 is 11.3 Å². The fraction of sp³-hybridized carbons (Fsp3) is 0.538. The van der Waals surface area contributed by atoms with Gasteiger partial charge in [-0.15, -0.1) is 11.3 Å². The molecule has 1 aromatic rings. The van der Waals surface area contributed by atoms with Gasteiger partial charge in [-0.1, -0.05) is 0 Å². The second-order valence-electron chi connectivity index (χ2n) is 4.93. The van der Waals surface area contributed by atoms with Crippen molar-refractivity contribution in [1.29, 1.82) is 5.26 Å². The number of nitriles is 1. The van der Waals surface area contributed by atoms with Crippen LogP contribution in [-0.2, 0) is 4.74 Å². The SMILES string of the molecule is COC(=O)c1sc(N2CCN(C)CC2C)c(C#N)c1N. The Hall–Kier alpha value is -1.78. The molecule has 108 valence electrons. The Morgan fingerprint density at radius 3 is 2.80 bits per heavy atom. The Balaban J connectivity index is 2.42. The lowest BCUT2D eigenvalue weighted by atomic mass is 10.1. The lowest BCUT2D eigenvalue weighted by Gasteiger charge is -2.39. The first-order chi connectivity index (χ1) is 9.49. The maximum absolute atomic E-state index is 11.7. The Bertz CT molecular complexity index is 563. The van der Waals surface area contributed by atoms with E-state index in [1.807, 2.05) is 0 Å². The summed E-state index contributed by atoms with van der Waals surface area (Å²) in [4.78, 5) is 16.4. The van der Waals surface area contributed by atoms with E-state index in [0.29, 0.717) is 10.4 Å². The number of thiophene rings is 1. The Morgan fingerprint density at radius 2 is 2.25 bits per heavy atom. The number of nitrogens with zero attached hydrogens (tertiary/aromatic N) is 3. The van der Waals surface area contributed by atoms with Gasteiger partial charge in [0, 0.05) is 25.7 Å². The molecular weight excluding hydrogens is 276 g/mol. The van der Waals surface area contributed by atoms with Crippen molar-refractivity contribution in [3.05, 3.63) is 10.4 Å². The highest BCUT2D eigenvalue weighted by atomic mass is 32.1. The molecule has 1 unspecified atom stereocenters. The van der Waals surface area contributed by atoms with Gasteiger partial charge >= 0.3 is 5.97 Å². The number of carbonyl (C=O) groups is 1. The van der Waals surface area contributed by atoms with Crippen molar-refractivity contribution >= 4 is 28.0 Å². The van der Waals surface area contributed by atoms with Gasteiger partial charge < -0.3 is 20.3 Å². The first kappa shape index (κ1) is 14.6. The van der Waals surface area contributed by atoms with E-state index in [9.17, 15) is 10.1 Å². The molecule has 6 nitrogen and oxygen atoms in total. The summed E-state index contributed by atoms with van der Waals surface area (Å²) in [5.74, 6) is -0.489. The largest absolute Gasteiger partial charge is 0.465 e. The smallest absolute Gasteiger partial charge is 0.350 e. The topological polar surface area (TPSA) is 82.6 Å². The minimum Gasteiger partial charge on any atom is -0.465 e. The molecule has 1 aromatic heterocycles. The second-order valence-corrected chi connectivity index (χ2v) is 5.93. The third-order valence-corrected chi connectivity index (χ3v) is 4.72. The second kappa shape index (κ2) is 5.69. The third kappa shape index (κ3) is 2.44. The third-order valence-electron chi connectivity index (χ3n) is 3.50. The molecule has 7 heteroatoms. The number of piperazine rings is 1. The molecule has 2 N–H and O–H groups in total. The molecule has 1 aliphatic heterocycles. The highest BCUT2D eigenvalue weighted by molar-refractivity contribution is 7.18. The number of likely N-dealkylation sites (N-methyl/N-ethyl adjacent to an activating group) is 1. The first-order valence-corrected chi connectivity index (χ1v) is 7.17. The molecule has 1 aliphatic rings. The lowest BCUT2D eigenvalue weighted by molar-refractivity contribution is 0.0607. The van der Waals surface area contributed by atoms with Gasteiger partial charge in [-0.25, -0.2) is 4.79 Å². The quantitative estimate of drug-likeness (QED) is 0.823. The summed E-state index contributed by atoms with van der Waals surface area (Å²) in [6.07, 6.45) is 0. The van der Waals surface area contributed by atoms with Gasteiger partial charge in [0.15, 0.2) is 0 Å². The van der Waals surface area contributed by atoms with E-state index in [4.69, 9.17) is 10.5 Å². The van der Waals surface area contributed by atoms with Crippen LogP contribution in [0.25, 0.3) is 0 Å². The van der Waals surface area contributed by atoms with Crippen molar-refractivity contribution in [1.82, 2.24) is 4.90 Å². The van der Waals surface area contributed by atoms with E-state index >= 15 is 0 Å². The van der Waals surface area contributed by atoms with Crippen LogP contribution < -0.4 is 10.6 Å². The van der Waals surface area contributed by atoms with Crippen molar-refractivity contribution < 1.29 is 9.53 Å². The Morgan fingerprint density at radius 1 is 1.55 bits per heavy atom. The number of methoxy groups -OCH3 is 1. The van der Waals surface area contributed by atoms with Gasteiger partial charge in [0.2, 0.25) is 0 Å². The predicted molar refractivity (Wildman–Crippen MR) is 79.1 cm³/mol.